The topological polar surface area (TPSA) is 37.8 Å². The summed E-state index contributed by atoms with van der Waals surface area (Å²) in [5.41, 5.74) is 0.172. The smallest absolute Gasteiger partial charge is 0.370 e. The van der Waals surface area contributed by atoms with Crippen LogP contribution in [0.2, 0.25) is 5.02 Å². The molecule has 1 N–H and O–H groups in total. The first-order chi connectivity index (χ1) is 9.41. The third-order valence-corrected chi connectivity index (χ3v) is 3.75. The summed E-state index contributed by atoms with van der Waals surface area (Å²) in [7, 11) is 0. The number of halogens is 4. The minimum atomic E-state index is -4.59. The highest BCUT2D eigenvalue weighted by atomic mass is 35.5. The Bertz CT molecular complexity index is 598. The Kier molecular flexibility index (Phi) is 4.49. The van der Waals surface area contributed by atoms with E-state index in [0.29, 0.717) is 16.4 Å². The molecule has 0 aliphatic carbocycles. The van der Waals surface area contributed by atoms with Gasteiger partial charge in [-0.15, -0.1) is 11.3 Å². The first-order valence-electron chi connectivity index (χ1n) is 5.85. The number of hydrogen-bond acceptors (Lipinski definition) is 4. The van der Waals surface area contributed by atoms with Crippen molar-refractivity contribution in [3.8, 4) is 10.6 Å². The van der Waals surface area contributed by atoms with Crippen LogP contribution in [0.1, 0.15) is 19.2 Å². The molecule has 0 unspecified atom stereocenters. The number of thiophene rings is 1. The van der Waals surface area contributed by atoms with Crippen LogP contribution in [-0.4, -0.2) is 16.5 Å². The van der Waals surface area contributed by atoms with E-state index in [1.54, 1.807) is 11.4 Å². The van der Waals surface area contributed by atoms with Gasteiger partial charge in [0.15, 0.2) is 0 Å². The van der Waals surface area contributed by atoms with E-state index in [9.17, 15) is 13.2 Å². The zero-order valence-corrected chi connectivity index (χ0v) is 12.0. The van der Waals surface area contributed by atoms with Crippen molar-refractivity contribution in [1.29, 1.82) is 0 Å². The van der Waals surface area contributed by atoms with Crippen molar-refractivity contribution in [2.45, 2.75) is 19.5 Å². The largest absolute Gasteiger partial charge is 0.451 e. The van der Waals surface area contributed by atoms with Crippen molar-refractivity contribution >= 4 is 28.8 Å². The van der Waals surface area contributed by atoms with Crippen molar-refractivity contribution in [2.24, 2.45) is 0 Å². The van der Waals surface area contributed by atoms with E-state index < -0.39 is 12.0 Å². The SMILES string of the molecule is CCCNc1cc(-c2sccc2Cl)nc(C(F)(F)F)n1. The maximum Gasteiger partial charge on any atom is 0.451 e. The van der Waals surface area contributed by atoms with Crippen LogP contribution in [0.25, 0.3) is 10.6 Å². The van der Waals surface area contributed by atoms with E-state index in [2.05, 4.69) is 15.3 Å². The van der Waals surface area contributed by atoms with Gasteiger partial charge in [-0.1, -0.05) is 18.5 Å². The van der Waals surface area contributed by atoms with Crippen LogP contribution >= 0.6 is 22.9 Å². The fourth-order valence-corrected chi connectivity index (χ4v) is 2.62. The van der Waals surface area contributed by atoms with E-state index >= 15 is 0 Å². The second-order valence-electron chi connectivity index (χ2n) is 3.98. The zero-order chi connectivity index (χ0) is 14.8. The van der Waals surface area contributed by atoms with E-state index in [1.807, 2.05) is 6.92 Å². The van der Waals surface area contributed by atoms with Gasteiger partial charge in [-0.25, -0.2) is 9.97 Å². The van der Waals surface area contributed by atoms with Gasteiger partial charge in [0.05, 0.1) is 15.6 Å². The van der Waals surface area contributed by atoms with Gasteiger partial charge in [0.25, 0.3) is 0 Å². The van der Waals surface area contributed by atoms with Gasteiger partial charge < -0.3 is 5.32 Å². The summed E-state index contributed by atoms with van der Waals surface area (Å²) in [5, 5.41) is 4.92. The highest BCUT2D eigenvalue weighted by molar-refractivity contribution is 7.14. The molecule has 0 spiro atoms. The molecule has 0 aliphatic heterocycles. The summed E-state index contributed by atoms with van der Waals surface area (Å²) < 4.78 is 38.5. The molecule has 0 atom stereocenters. The van der Waals surface area contributed by atoms with Crippen LogP contribution in [-0.2, 0) is 6.18 Å². The van der Waals surface area contributed by atoms with Crippen LogP contribution in [0.4, 0.5) is 19.0 Å². The van der Waals surface area contributed by atoms with Crippen molar-refractivity contribution in [3.63, 3.8) is 0 Å². The van der Waals surface area contributed by atoms with Crippen molar-refractivity contribution in [2.75, 3.05) is 11.9 Å². The molecule has 2 aromatic heterocycles. The van der Waals surface area contributed by atoms with E-state index in [4.69, 9.17) is 11.6 Å². The molecule has 20 heavy (non-hydrogen) atoms. The van der Waals surface area contributed by atoms with Gasteiger partial charge in [-0.3, -0.25) is 0 Å². The predicted molar refractivity (Wildman–Crippen MR) is 74.1 cm³/mol. The lowest BCUT2D eigenvalue weighted by Crippen LogP contribution is -2.14. The standard InChI is InChI=1S/C12H11ClF3N3S/c1-2-4-17-9-6-8(10-7(13)3-5-20-10)18-11(19-9)12(14,15)16/h3,5-6H,2,4H2,1H3,(H,17,18,19). The molecule has 0 aromatic carbocycles. The highest BCUT2D eigenvalue weighted by Gasteiger charge is 2.35. The molecule has 3 nitrogen and oxygen atoms in total. The quantitative estimate of drug-likeness (QED) is 0.887. The fraction of sp³-hybridized carbons (Fsp3) is 0.333. The third kappa shape index (κ3) is 3.40. The minimum absolute atomic E-state index is 0.147. The second-order valence-corrected chi connectivity index (χ2v) is 5.31. The Balaban J connectivity index is 2.48. The molecule has 0 aliphatic rings. The molecule has 2 aromatic rings. The lowest BCUT2D eigenvalue weighted by atomic mass is 10.3. The molecule has 108 valence electrons. The number of nitrogens with zero attached hydrogens (tertiary/aromatic N) is 2. The Hall–Kier alpha value is -1.34. The molecule has 2 rings (SSSR count). The second kappa shape index (κ2) is 5.97. The molecule has 2 heterocycles. The maximum absolute atomic E-state index is 12.8. The fourth-order valence-electron chi connectivity index (χ4n) is 1.51. The number of anilines is 1. The monoisotopic (exact) mass is 321 g/mol. The lowest BCUT2D eigenvalue weighted by Gasteiger charge is -2.10. The van der Waals surface area contributed by atoms with E-state index in [-0.39, 0.29) is 11.5 Å². The van der Waals surface area contributed by atoms with Crippen molar-refractivity contribution in [3.05, 3.63) is 28.4 Å². The molecule has 0 bridgehead atoms. The summed E-state index contributed by atoms with van der Waals surface area (Å²) in [6.07, 6.45) is -3.82. The van der Waals surface area contributed by atoms with Crippen molar-refractivity contribution < 1.29 is 13.2 Å². The number of hydrogen-bond donors (Lipinski definition) is 1. The normalized spacial score (nSPS) is 11.7. The third-order valence-electron chi connectivity index (χ3n) is 2.39. The van der Waals surface area contributed by atoms with Gasteiger partial charge in [0.1, 0.15) is 5.82 Å². The van der Waals surface area contributed by atoms with Gasteiger partial charge in [-0.05, 0) is 17.9 Å². The Morgan fingerprint density at radius 2 is 2.10 bits per heavy atom. The molecule has 8 heteroatoms. The highest BCUT2D eigenvalue weighted by Crippen LogP contribution is 2.35. The summed E-state index contributed by atoms with van der Waals surface area (Å²) in [6, 6.07) is 3.10. The van der Waals surface area contributed by atoms with Crippen LogP contribution < -0.4 is 5.32 Å². The molecular formula is C12H11ClF3N3S. The Labute approximate surface area is 122 Å². The first-order valence-corrected chi connectivity index (χ1v) is 7.11. The van der Waals surface area contributed by atoms with Crippen LogP contribution in [0.5, 0.6) is 0 Å². The molecule has 0 saturated carbocycles. The molecular weight excluding hydrogens is 311 g/mol. The van der Waals surface area contributed by atoms with Crippen LogP contribution in [0.15, 0.2) is 17.5 Å². The molecule has 0 fully saturated rings. The van der Waals surface area contributed by atoms with Crippen molar-refractivity contribution in [1.82, 2.24) is 9.97 Å². The van der Waals surface area contributed by atoms with Gasteiger partial charge >= 0.3 is 6.18 Å². The summed E-state index contributed by atoms with van der Waals surface area (Å²) in [5.74, 6) is -1.02. The first kappa shape index (κ1) is 15.1. The molecule has 0 amide bonds. The molecule has 0 radical (unpaired) electrons. The van der Waals surface area contributed by atoms with E-state index in [0.717, 1.165) is 6.42 Å². The summed E-state index contributed by atoms with van der Waals surface area (Å²) in [4.78, 5) is 7.56. The Morgan fingerprint density at radius 1 is 1.35 bits per heavy atom. The van der Waals surface area contributed by atoms with Crippen LogP contribution in [0.3, 0.4) is 0 Å². The van der Waals surface area contributed by atoms with Gasteiger partial charge in [-0.2, -0.15) is 13.2 Å². The maximum atomic E-state index is 12.8. The molecule has 0 saturated heterocycles. The number of nitrogens with one attached hydrogen (secondary N) is 1. The predicted octanol–water partition coefficient (Wildman–Crippen LogP) is 4.70. The number of aromatic nitrogens is 2. The van der Waals surface area contributed by atoms with E-state index in [1.165, 1.54) is 17.4 Å². The summed E-state index contributed by atoms with van der Waals surface area (Å²) in [6.45, 7) is 2.45. The summed E-state index contributed by atoms with van der Waals surface area (Å²) >= 11 is 7.18. The average Bonchev–Trinajstić information content (AvgIpc) is 2.81. The minimum Gasteiger partial charge on any atom is -0.370 e. The van der Waals surface area contributed by atoms with Gasteiger partial charge in [0.2, 0.25) is 5.82 Å². The Morgan fingerprint density at radius 3 is 2.65 bits per heavy atom. The number of alkyl halides is 3. The number of rotatable bonds is 4. The van der Waals surface area contributed by atoms with Gasteiger partial charge in [0, 0.05) is 12.6 Å². The lowest BCUT2D eigenvalue weighted by molar-refractivity contribution is -0.144. The van der Waals surface area contributed by atoms with Crippen LogP contribution in [0, 0.1) is 0 Å². The average molecular weight is 322 g/mol. The zero-order valence-electron chi connectivity index (χ0n) is 10.5.